The van der Waals surface area contributed by atoms with E-state index in [1.54, 1.807) is 0 Å². The monoisotopic (exact) mass is 340 g/mol. The van der Waals surface area contributed by atoms with Gasteiger partial charge in [0.15, 0.2) is 0 Å². The van der Waals surface area contributed by atoms with Gasteiger partial charge in [0.1, 0.15) is 0 Å². The van der Waals surface area contributed by atoms with E-state index in [2.05, 4.69) is 28.9 Å². The lowest BCUT2D eigenvalue weighted by Crippen LogP contribution is -2.10. The fourth-order valence-electron chi connectivity index (χ4n) is 2.53. The van der Waals surface area contributed by atoms with Crippen molar-refractivity contribution in [3.63, 3.8) is 0 Å². The van der Waals surface area contributed by atoms with Crippen molar-refractivity contribution in [1.29, 1.82) is 0 Å². The SMILES string of the molecule is CCCCCCCCCCC(O)Cc1ccccc1Br. The third-order valence-corrected chi connectivity index (χ3v) is 4.58. The van der Waals surface area contributed by atoms with Crippen LogP contribution in [0.15, 0.2) is 28.7 Å². The third-order valence-electron chi connectivity index (χ3n) is 3.80. The van der Waals surface area contributed by atoms with Crippen LogP contribution in [0.4, 0.5) is 0 Å². The zero-order valence-corrected chi connectivity index (χ0v) is 14.4. The summed E-state index contributed by atoms with van der Waals surface area (Å²) in [5.74, 6) is 0. The molecule has 20 heavy (non-hydrogen) atoms. The van der Waals surface area contributed by atoms with Crippen LogP contribution in [-0.2, 0) is 6.42 Å². The fourth-order valence-corrected chi connectivity index (χ4v) is 2.98. The molecule has 114 valence electrons. The Morgan fingerprint density at radius 2 is 1.55 bits per heavy atom. The molecule has 0 aliphatic rings. The lowest BCUT2D eigenvalue weighted by atomic mass is 10.0. The molecule has 0 aliphatic heterocycles. The van der Waals surface area contributed by atoms with E-state index in [-0.39, 0.29) is 6.10 Å². The van der Waals surface area contributed by atoms with Crippen LogP contribution in [0.25, 0.3) is 0 Å². The lowest BCUT2D eigenvalue weighted by molar-refractivity contribution is 0.160. The van der Waals surface area contributed by atoms with Crippen molar-refractivity contribution in [2.45, 2.75) is 77.2 Å². The number of unbranched alkanes of at least 4 members (excludes halogenated alkanes) is 7. The molecule has 2 heteroatoms. The molecule has 1 aromatic rings. The minimum Gasteiger partial charge on any atom is -0.393 e. The van der Waals surface area contributed by atoms with Crippen LogP contribution in [-0.4, -0.2) is 11.2 Å². The third kappa shape index (κ3) is 8.06. The van der Waals surface area contributed by atoms with Gasteiger partial charge in [-0.3, -0.25) is 0 Å². The minimum atomic E-state index is -0.200. The first-order chi connectivity index (χ1) is 9.74. The molecule has 0 fully saturated rings. The molecule has 1 unspecified atom stereocenters. The summed E-state index contributed by atoms with van der Waals surface area (Å²) < 4.78 is 1.11. The van der Waals surface area contributed by atoms with Gasteiger partial charge < -0.3 is 5.11 Å². The first-order valence-corrected chi connectivity index (χ1v) is 8.94. The molecule has 0 spiro atoms. The lowest BCUT2D eigenvalue weighted by Gasteiger charge is -2.11. The van der Waals surface area contributed by atoms with E-state index in [4.69, 9.17) is 0 Å². The first kappa shape index (κ1) is 17.7. The van der Waals surface area contributed by atoms with Crippen molar-refractivity contribution in [2.24, 2.45) is 0 Å². The zero-order chi connectivity index (χ0) is 14.6. The van der Waals surface area contributed by atoms with Gasteiger partial charge in [-0.2, -0.15) is 0 Å². The van der Waals surface area contributed by atoms with Crippen LogP contribution in [0.5, 0.6) is 0 Å². The number of benzene rings is 1. The average molecular weight is 341 g/mol. The summed E-state index contributed by atoms with van der Waals surface area (Å²) in [5, 5.41) is 10.1. The van der Waals surface area contributed by atoms with E-state index >= 15 is 0 Å². The summed E-state index contributed by atoms with van der Waals surface area (Å²) >= 11 is 3.54. The number of rotatable bonds is 11. The van der Waals surface area contributed by atoms with Gasteiger partial charge in [-0.05, 0) is 24.5 Å². The second-order valence-corrected chi connectivity index (χ2v) is 6.57. The summed E-state index contributed by atoms with van der Waals surface area (Å²) in [4.78, 5) is 0. The van der Waals surface area contributed by atoms with Crippen molar-refractivity contribution >= 4 is 15.9 Å². The molecule has 0 saturated carbocycles. The maximum absolute atomic E-state index is 10.1. The number of hydrogen-bond donors (Lipinski definition) is 1. The molecule has 0 amide bonds. The highest BCUT2D eigenvalue weighted by molar-refractivity contribution is 9.10. The topological polar surface area (TPSA) is 20.2 Å². The summed E-state index contributed by atoms with van der Waals surface area (Å²) in [7, 11) is 0. The Hall–Kier alpha value is -0.340. The van der Waals surface area contributed by atoms with E-state index in [9.17, 15) is 5.11 Å². The molecule has 0 heterocycles. The van der Waals surface area contributed by atoms with E-state index in [1.807, 2.05) is 18.2 Å². The summed E-state index contributed by atoms with van der Waals surface area (Å²) in [6, 6.07) is 8.17. The molecule has 0 aliphatic carbocycles. The molecule has 1 nitrogen and oxygen atoms in total. The van der Waals surface area contributed by atoms with E-state index < -0.39 is 0 Å². The molecule has 1 N–H and O–H groups in total. The van der Waals surface area contributed by atoms with Gasteiger partial charge >= 0.3 is 0 Å². The van der Waals surface area contributed by atoms with Gasteiger partial charge in [0, 0.05) is 4.47 Å². The molecule has 0 saturated heterocycles. The van der Waals surface area contributed by atoms with Crippen LogP contribution in [0, 0.1) is 0 Å². The molecule has 1 aromatic carbocycles. The highest BCUT2D eigenvalue weighted by Gasteiger charge is 2.07. The van der Waals surface area contributed by atoms with Crippen LogP contribution in [0.3, 0.4) is 0 Å². The largest absolute Gasteiger partial charge is 0.393 e. The molecule has 0 aromatic heterocycles. The Morgan fingerprint density at radius 1 is 0.950 bits per heavy atom. The van der Waals surface area contributed by atoms with Crippen molar-refractivity contribution in [3.05, 3.63) is 34.3 Å². The number of halogens is 1. The quantitative estimate of drug-likeness (QED) is 0.498. The van der Waals surface area contributed by atoms with Gasteiger partial charge in [0.2, 0.25) is 0 Å². The van der Waals surface area contributed by atoms with Crippen LogP contribution in [0.1, 0.15) is 70.3 Å². The Balaban J connectivity index is 2.03. The molecular weight excluding hydrogens is 312 g/mol. The maximum atomic E-state index is 10.1. The average Bonchev–Trinajstić information content (AvgIpc) is 2.44. The van der Waals surface area contributed by atoms with Crippen molar-refractivity contribution in [3.8, 4) is 0 Å². The fraction of sp³-hybridized carbons (Fsp3) is 0.667. The molecule has 1 atom stereocenters. The van der Waals surface area contributed by atoms with Crippen LogP contribution >= 0.6 is 15.9 Å². The van der Waals surface area contributed by atoms with Crippen LogP contribution in [0.2, 0.25) is 0 Å². The number of aliphatic hydroxyl groups is 1. The highest BCUT2D eigenvalue weighted by atomic mass is 79.9. The summed E-state index contributed by atoms with van der Waals surface area (Å²) in [6.45, 7) is 2.26. The van der Waals surface area contributed by atoms with Gasteiger partial charge in [-0.15, -0.1) is 0 Å². The first-order valence-electron chi connectivity index (χ1n) is 8.15. The Morgan fingerprint density at radius 3 is 2.20 bits per heavy atom. The van der Waals surface area contributed by atoms with Crippen LogP contribution < -0.4 is 0 Å². The Kier molecular flexibility index (Phi) is 10.0. The molecule has 1 rings (SSSR count). The van der Waals surface area contributed by atoms with Crippen molar-refractivity contribution < 1.29 is 5.11 Å². The Labute approximate surface area is 132 Å². The molecule has 0 radical (unpaired) electrons. The second-order valence-electron chi connectivity index (χ2n) is 5.71. The van der Waals surface area contributed by atoms with Crippen molar-refractivity contribution in [1.82, 2.24) is 0 Å². The van der Waals surface area contributed by atoms with Gasteiger partial charge in [0.05, 0.1) is 6.10 Å². The van der Waals surface area contributed by atoms with Gasteiger partial charge in [0.25, 0.3) is 0 Å². The van der Waals surface area contributed by atoms with E-state index in [0.29, 0.717) is 0 Å². The van der Waals surface area contributed by atoms with E-state index in [1.165, 1.54) is 50.5 Å². The normalized spacial score (nSPS) is 12.6. The summed E-state index contributed by atoms with van der Waals surface area (Å²) in [5.41, 5.74) is 1.21. The Bertz CT molecular complexity index is 351. The van der Waals surface area contributed by atoms with Gasteiger partial charge in [-0.1, -0.05) is 92.4 Å². The summed E-state index contributed by atoms with van der Waals surface area (Å²) in [6.07, 6.45) is 12.1. The molecular formula is C18H29BrO. The van der Waals surface area contributed by atoms with Gasteiger partial charge in [-0.25, -0.2) is 0 Å². The predicted octanol–water partition coefficient (Wildman–Crippen LogP) is 5.88. The highest BCUT2D eigenvalue weighted by Crippen LogP contribution is 2.19. The van der Waals surface area contributed by atoms with E-state index in [0.717, 1.165) is 23.7 Å². The zero-order valence-electron chi connectivity index (χ0n) is 12.8. The number of aliphatic hydroxyl groups excluding tert-OH is 1. The maximum Gasteiger partial charge on any atom is 0.0581 e. The predicted molar refractivity (Wildman–Crippen MR) is 91.1 cm³/mol. The molecule has 0 bridgehead atoms. The van der Waals surface area contributed by atoms with Crippen molar-refractivity contribution in [2.75, 3.05) is 0 Å². The second kappa shape index (κ2) is 11.3. The number of hydrogen-bond acceptors (Lipinski definition) is 1. The standard InChI is InChI=1S/C18H29BrO/c1-2-3-4-5-6-7-8-9-13-17(20)15-16-12-10-11-14-18(16)19/h10-12,14,17,20H,2-9,13,15H2,1H3. The minimum absolute atomic E-state index is 0.200. The smallest absolute Gasteiger partial charge is 0.0581 e.